The third-order valence-electron chi connectivity index (χ3n) is 0. The Labute approximate surface area is 113 Å². The summed E-state index contributed by atoms with van der Waals surface area (Å²) in [6.45, 7) is 0. The van der Waals surface area contributed by atoms with Crippen LogP contribution in [0, 0.1) is 0 Å². The van der Waals surface area contributed by atoms with E-state index in [0.29, 0.717) is 0 Å². The van der Waals surface area contributed by atoms with Gasteiger partial charge in [0.15, 0.2) is 0 Å². The Balaban J connectivity index is -0.0000000171. The summed E-state index contributed by atoms with van der Waals surface area (Å²) >= 11 is -6.38. The maximum atomic E-state index is 7.31. The van der Waals surface area contributed by atoms with E-state index < -0.39 is 31.4 Å². The van der Waals surface area contributed by atoms with E-state index in [1.54, 1.807) is 0 Å². The summed E-state index contributed by atoms with van der Waals surface area (Å²) in [5.74, 6) is 0. The zero-order valence-electron chi connectivity index (χ0n) is 5.70. The molecule has 0 saturated carbocycles. The second-order valence-electron chi connectivity index (χ2n) is 0.537. The third-order valence-corrected chi connectivity index (χ3v) is 0. The van der Waals surface area contributed by atoms with E-state index in [1.165, 1.54) is 0 Å². The Morgan fingerprint density at radius 2 is 0.455 bits per heavy atom. The van der Waals surface area contributed by atoms with Crippen molar-refractivity contribution in [2.45, 2.75) is 0 Å². The minimum atomic E-state index is -3.19. The first-order valence-electron chi connectivity index (χ1n) is 1.20. The quantitative estimate of drug-likeness (QED) is 0.210. The van der Waals surface area contributed by atoms with Gasteiger partial charge in [0.1, 0.15) is 0 Å². The van der Waals surface area contributed by atoms with Crippen LogP contribution in [0.3, 0.4) is 0 Å². The maximum Gasteiger partial charge on any atom is 0 e. The van der Waals surface area contributed by atoms with E-state index in [2.05, 4.69) is 0 Å². The average Bonchev–Trinajstić information content (AvgIpc) is 1.25. The van der Waals surface area contributed by atoms with Crippen LogP contribution in [0.4, 0.5) is 0 Å². The molecule has 0 bridgehead atoms. The normalized spacial score (nSPS) is 6.55. The molecule has 0 spiro atoms. The van der Waals surface area contributed by atoms with Crippen LogP contribution in [-0.4, -0.2) is 55.9 Å². The molecule has 6 nitrogen and oxygen atoms in total. The van der Waals surface area contributed by atoms with E-state index in [9.17, 15) is 0 Å². The zero-order chi connectivity index (χ0) is 7.15. The van der Waals surface area contributed by atoms with Crippen molar-refractivity contribution in [3.63, 3.8) is 0 Å². The van der Waals surface area contributed by atoms with Crippen LogP contribution in [0.25, 0.3) is 0 Å². The molecule has 0 amide bonds. The molecule has 0 aromatic carbocycles. The molecule has 0 aliphatic carbocycles. The zero-order valence-corrected chi connectivity index (χ0v) is 18.4. The molecule has 0 saturated heterocycles. The van der Waals surface area contributed by atoms with Crippen molar-refractivity contribution in [2.75, 3.05) is 0 Å². The molecule has 58 valence electrons. The summed E-state index contributed by atoms with van der Waals surface area (Å²) < 4.78 is 43.9. The van der Waals surface area contributed by atoms with Crippen LogP contribution in [0.15, 0.2) is 0 Å². The molecule has 0 aliphatic heterocycles. The first-order valence-corrected chi connectivity index (χ1v) is 6.24. The number of hydrogen-bond donors (Lipinski definition) is 6. The fourth-order valence-electron chi connectivity index (χ4n) is 0. The fourth-order valence-corrected chi connectivity index (χ4v) is 0. The fraction of sp³-hybridized carbons (Fsp3) is 0. The topological polar surface area (TPSA) is 121 Å². The van der Waals surface area contributed by atoms with Crippen molar-refractivity contribution >= 4 is 31.4 Å². The number of rotatable bonds is 0. The smallest absolute Gasteiger partial charge is 0 e. The maximum absolute atomic E-state index is 7.31. The van der Waals surface area contributed by atoms with Gasteiger partial charge in [-0.1, -0.05) is 0 Å². The predicted octanol–water partition coefficient (Wildman–Crippen LogP) is -4.11. The molecule has 11 heteroatoms. The molecule has 0 atom stereocenters. The van der Waals surface area contributed by atoms with E-state index in [-0.39, 0.29) is 58.4 Å². The van der Waals surface area contributed by atoms with E-state index in [1.807, 2.05) is 0 Å². The summed E-state index contributed by atoms with van der Waals surface area (Å²) in [6, 6.07) is 0. The Morgan fingerprint density at radius 1 is 0.455 bits per heavy atom. The van der Waals surface area contributed by atoms with Crippen molar-refractivity contribution in [2.24, 2.45) is 0 Å². The van der Waals surface area contributed by atoms with Crippen LogP contribution in [0.5, 0.6) is 0 Å². The van der Waals surface area contributed by atoms with Crippen LogP contribution in [0.2, 0.25) is 0 Å². The summed E-state index contributed by atoms with van der Waals surface area (Å²) in [5, 5.41) is 0. The van der Waals surface area contributed by atoms with Crippen LogP contribution in [0.1, 0.15) is 0 Å². The van der Waals surface area contributed by atoms with Gasteiger partial charge < -0.3 is 0 Å². The first-order chi connectivity index (χ1) is 3.46. The van der Waals surface area contributed by atoms with Crippen LogP contribution >= 0.6 is 0 Å². The van der Waals surface area contributed by atoms with Crippen molar-refractivity contribution in [3.8, 4) is 0 Å². The summed E-state index contributed by atoms with van der Waals surface area (Å²) in [7, 11) is 0. The van der Waals surface area contributed by atoms with Gasteiger partial charge in [0, 0.05) is 58.4 Å². The third kappa shape index (κ3) is 195. The first kappa shape index (κ1) is 29.2. The van der Waals surface area contributed by atoms with E-state index >= 15 is 0 Å². The van der Waals surface area contributed by atoms with Gasteiger partial charge in [0.25, 0.3) is 0 Å². The minimum absolute atomic E-state index is 0. The molecule has 0 radical (unpaired) electrons. The molecule has 0 rings (SSSR count). The summed E-state index contributed by atoms with van der Waals surface area (Å²) in [6.07, 6.45) is 0. The van der Waals surface area contributed by atoms with Crippen molar-refractivity contribution in [3.05, 3.63) is 0 Å². The van der Waals surface area contributed by atoms with Crippen molar-refractivity contribution < 1.29 is 83.0 Å². The van der Waals surface area contributed by atoms with Crippen molar-refractivity contribution in [1.82, 2.24) is 0 Å². The molecule has 0 aromatic rings. The van der Waals surface area contributed by atoms with Gasteiger partial charge in [-0.15, -0.1) is 0 Å². The summed E-state index contributed by atoms with van der Waals surface area (Å²) in [4.78, 5) is 0. The largest absolute Gasteiger partial charge is 0 e. The summed E-state index contributed by atoms with van der Waals surface area (Å²) in [5.41, 5.74) is 0. The second kappa shape index (κ2) is 23.0. The van der Waals surface area contributed by atoms with Crippen LogP contribution in [-0.2, 0) is 58.4 Å². The SMILES string of the molecule is O[As](O)O.O[As](O)O.[Zn].[Zn].[Zn]. The molecule has 0 aliphatic rings. The van der Waals surface area contributed by atoms with Crippen LogP contribution < -0.4 is 0 Å². The Bertz CT molecular complexity index is 31.3. The molecule has 0 aromatic heterocycles. The molecular weight excluding hydrogens is 442 g/mol. The Kier molecular flexibility index (Phi) is 61.0. The standard InChI is InChI=1S/2AsH3O3.3Zn/c2*2-1(3)4;;;/h2*2-4H;;;. The Morgan fingerprint density at radius 3 is 0.455 bits per heavy atom. The molecule has 0 unspecified atom stereocenters. The molecule has 0 heterocycles. The van der Waals surface area contributed by atoms with Gasteiger partial charge in [-0.05, 0) is 0 Å². The Hall–Kier alpha value is 2.75. The second-order valence-corrected chi connectivity index (χ2v) is 2.79. The van der Waals surface area contributed by atoms with Gasteiger partial charge in [-0.25, -0.2) is 0 Å². The van der Waals surface area contributed by atoms with E-state index in [0.717, 1.165) is 0 Å². The van der Waals surface area contributed by atoms with Gasteiger partial charge >= 0.3 is 55.9 Å². The average molecular weight is 448 g/mol. The van der Waals surface area contributed by atoms with Gasteiger partial charge in [0.05, 0.1) is 0 Å². The van der Waals surface area contributed by atoms with Gasteiger partial charge in [-0.2, -0.15) is 0 Å². The van der Waals surface area contributed by atoms with Crippen molar-refractivity contribution in [1.29, 1.82) is 0 Å². The molecular formula is H6As2O6Zn3. The minimum Gasteiger partial charge on any atom is 0 e. The predicted molar refractivity (Wildman–Crippen MR) is 24.8 cm³/mol. The van der Waals surface area contributed by atoms with Gasteiger partial charge in [-0.3, -0.25) is 0 Å². The van der Waals surface area contributed by atoms with Gasteiger partial charge in [0.2, 0.25) is 0 Å². The molecule has 0 fully saturated rings. The monoisotopic (exact) mass is 444 g/mol. The van der Waals surface area contributed by atoms with E-state index in [4.69, 9.17) is 24.6 Å². The number of hydrogen-bond acceptors (Lipinski definition) is 6. The molecule has 6 N–H and O–H groups in total. The molecule has 11 heavy (non-hydrogen) atoms.